The van der Waals surface area contributed by atoms with Crippen LogP contribution in [0.25, 0.3) is 10.8 Å². The van der Waals surface area contributed by atoms with Crippen molar-refractivity contribution in [3.05, 3.63) is 47.5 Å². The van der Waals surface area contributed by atoms with E-state index in [4.69, 9.17) is 4.74 Å². The maximum absolute atomic E-state index is 5.53. The van der Waals surface area contributed by atoms with Gasteiger partial charge >= 0.3 is 0 Å². The predicted octanol–water partition coefficient (Wildman–Crippen LogP) is 3.39. The molecule has 76 valence electrons. The van der Waals surface area contributed by atoms with Crippen LogP contribution in [-0.4, -0.2) is 6.61 Å². The zero-order valence-corrected chi connectivity index (χ0v) is 9.08. The molecule has 1 aliphatic rings. The molecule has 1 heterocycles. The van der Waals surface area contributed by atoms with Crippen LogP contribution in [0.4, 0.5) is 0 Å². The van der Waals surface area contributed by atoms with E-state index in [1.54, 1.807) is 0 Å². The Balaban J connectivity index is 2.36. The summed E-state index contributed by atoms with van der Waals surface area (Å²) in [5, 5.41) is 2.67. The van der Waals surface area contributed by atoms with Crippen molar-refractivity contribution in [1.29, 1.82) is 0 Å². The molecule has 1 saturated heterocycles. The molecule has 15 heavy (non-hydrogen) atoms. The monoisotopic (exact) mass is 198 g/mol. The predicted molar refractivity (Wildman–Crippen MR) is 62.0 cm³/mol. The van der Waals surface area contributed by atoms with E-state index >= 15 is 0 Å². The van der Waals surface area contributed by atoms with E-state index in [9.17, 15) is 0 Å². The third-order valence-corrected chi connectivity index (χ3v) is 3.29. The first-order chi connectivity index (χ1) is 7.21. The third kappa shape index (κ3) is 1.27. The van der Waals surface area contributed by atoms with Gasteiger partial charge in [0, 0.05) is 0 Å². The molecule has 0 aliphatic carbocycles. The molecule has 3 rings (SSSR count). The van der Waals surface area contributed by atoms with Crippen molar-refractivity contribution in [1.82, 2.24) is 0 Å². The second-order valence-electron chi connectivity index (χ2n) is 4.50. The molecule has 0 radical (unpaired) electrons. The zero-order chi connectivity index (χ0) is 10.5. The summed E-state index contributed by atoms with van der Waals surface area (Å²) in [6.45, 7) is 5.16. The van der Waals surface area contributed by atoms with Gasteiger partial charge in [0.1, 0.15) is 5.60 Å². The lowest BCUT2D eigenvalue weighted by Gasteiger charge is -2.11. The Kier molecular flexibility index (Phi) is 1.68. The lowest BCUT2D eigenvalue weighted by atomic mass is 9.93. The largest absolute Gasteiger partial charge is 0.365 e. The first-order valence-electron chi connectivity index (χ1n) is 5.33. The van der Waals surface area contributed by atoms with E-state index in [0.29, 0.717) is 0 Å². The maximum Gasteiger partial charge on any atom is 0.114 e. The molecule has 1 nitrogen and oxygen atoms in total. The van der Waals surface area contributed by atoms with Crippen LogP contribution in [0.2, 0.25) is 0 Å². The maximum atomic E-state index is 5.53. The van der Waals surface area contributed by atoms with Crippen molar-refractivity contribution in [3.8, 4) is 0 Å². The summed E-state index contributed by atoms with van der Waals surface area (Å²) in [7, 11) is 0. The van der Waals surface area contributed by atoms with Gasteiger partial charge in [-0.15, -0.1) is 0 Å². The fourth-order valence-electron chi connectivity index (χ4n) is 2.17. The van der Waals surface area contributed by atoms with Crippen LogP contribution in [0.5, 0.6) is 0 Å². The van der Waals surface area contributed by atoms with Crippen molar-refractivity contribution in [2.75, 3.05) is 6.61 Å². The standard InChI is InChI=1S/C14H14O/c1-10-7-8-13(14(2)9-15-14)12-6-4-3-5-11(10)12/h3-8H,9H2,1-2H3. The minimum absolute atomic E-state index is 0.0344. The van der Waals surface area contributed by atoms with Crippen molar-refractivity contribution in [3.63, 3.8) is 0 Å². The van der Waals surface area contributed by atoms with E-state index in [1.807, 2.05) is 0 Å². The highest BCUT2D eigenvalue weighted by Gasteiger charge is 2.42. The van der Waals surface area contributed by atoms with E-state index in [-0.39, 0.29) is 5.60 Å². The van der Waals surface area contributed by atoms with E-state index in [0.717, 1.165) is 6.61 Å². The zero-order valence-electron chi connectivity index (χ0n) is 9.08. The van der Waals surface area contributed by atoms with Crippen molar-refractivity contribution < 1.29 is 4.74 Å². The molecular weight excluding hydrogens is 184 g/mol. The Labute approximate surface area is 89.7 Å². The van der Waals surface area contributed by atoms with Crippen LogP contribution in [-0.2, 0) is 10.3 Å². The summed E-state index contributed by atoms with van der Waals surface area (Å²) < 4.78 is 5.53. The molecule has 0 bridgehead atoms. The number of ether oxygens (including phenoxy) is 1. The number of aryl methyl sites for hydroxylation is 1. The number of benzene rings is 2. The molecule has 1 aliphatic heterocycles. The SMILES string of the molecule is Cc1ccc(C2(C)CO2)c2ccccc12. The van der Waals surface area contributed by atoms with Crippen LogP contribution in [0.15, 0.2) is 36.4 Å². The molecule has 1 heteroatoms. The summed E-state index contributed by atoms with van der Waals surface area (Å²) >= 11 is 0. The number of fused-ring (bicyclic) bond motifs is 1. The van der Waals surface area contributed by atoms with Gasteiger partial charge in [0.2, 0.25) is 0 Å². The van der Waals surface area contributed by atoms with Crippen molar-refractivity contribution in [2.45, 2.75) is 19.4 Å². The molecular formula is C14H14O. The van der Waals surface area contributed by atoms with Gasteiger partial charge in [-0.05, 0) is 35.7 Å². The van der Waals surface area contributed by atoms with Gasteiger partial charge in [-0.25, -0.2) is 0 Å². The van der Waals surface area contributed by atoms with Gasteiger partial charge < -0.3 is 4.74 Å². The summed E-state index contributed by atoms with van der Waals surface area (Å²) in [5.41, 5.74) is 2.62. The van der Waals surface area contributed by atoms with Crippen molar-refractivity contribution >= 4 is 10.8 Å². The van der Waals surface area contributed by atoms with Crippen LogP contribution in [0.1, 0.15) is 18.1 Å². The topological polar surface area (TPSA) is 12.5 Å². The Hall–Kier alpha value is -1.34. The minimum Gasteiger partial charge on any atom is -0.365 e. The average Bonchev–Trinajstić information content (AvgIpc) is 2.98. The Morgan fingerprint density at radius 3 is 2.40 bits per heavy atom. The highest BCUT2D eigenvalue weighted by atomic mass is 16.6. The quantitative estimate of drug-likeness (QED) is 0.640. The fourth-order valence-corrected chi connectivity index (χ4v) is 2.17. The van der Waals surface area contributed by atoms with Gasteiger partial charge in [0.05, 0.1) is 6.61 Å². The molecule has 0 amide bonds. The van der Waals surface area contributed by atoms with Crippen LogP contribution < -0.4 is 0 Å². The van der Waals surface area contributed by atoms with E-state index in [2.05, 4.69) is 50.2 Å². The number of rotatable bonds is 1. The van der Waals surface area contributed by atoms with Crippen LogP contribution in [0.3, 0.4) is 0 Å². The number of hydrogen-bond donors (Lipinski definition) is 0. The van der Waals surface area contributed by atoms with Gasteiger partial charge in [0.15, 0.2) is 0 Å². The average molecular weight is 198 g/mol. The molecule has 0 spiro atoms. The highest BCUT2D eigenvalue weighted by molar-refractivity contribution is 5.89. The lowest BCUT2D eigenvalue weighted by Crippen LogP contribution is -2.03. The van der Waals surface area contributed by atoms with Gasteiger partial charge in [-0.3, -0.25) is 0 Å². The van der Waals surface area contributed by atoms with E-state index < -0.39 is 0 Å². The summed E-state index contributed by atoms with van der Waals surface area (Å²) in [6.07, 6.45) is 0. The van der Waals surface area contributed by atoms with Gasteiger partial charge in [-0.1, -0.05) is 36.4 Å². The number of hydrogen-bond acceptors (Lipinski definition) is 1. The molecule has 2 aromatic carbocycles. The Morgan fingerprint density at radius 1 is 1.07 bits per heavy atom. The third-order valence-electron chi connectivity index (χ3n) is 3.29. The first-order valence-corrected chi connectivity index (χ1v) is 5.33. The second-order valence-corrected chi connectivity index (χ2v) is 4.50. The summed E-state index contributed by atoms with van der Waals surface area (Å²) in [6, 6.07) is 12.9. The molecule has 1 unspecified atom stereocenters. The molecule has 1 fully saturated rings. The van der Waals surface area contributed by atoms with Gasteiger partial charge in [0.25, 0.3) is 0 Å². The Morgan fingerprint density at radius 2 is 1.73 bits per heavy atom. The second kappa shape index (κ2) is 2.83. The van der Waals surface area contributed by atoms with Crippen molar-refractivity contribution in [2.24, 2.45) is 0 Å². The lowest BCUT2D eigenvalue weighted by molar-refractivity contribution is 0.331. The summed E-state index contributed by atoms with van der Waals surface area (Å²) in [5.74, 6) is 0. The molecule has 2 aromatic rings. The van der Waals surface area contributed by atoms with Gasteiger partial charge in [-0.2, -0.15) is 0 Å². The Bertz CT molecular complexity index is 524. The van der Waals surface area contributed by atoms with Crippen LogP contribution in [0, 0.1) is 6.92 Å². The molecule has 1 atom stereocenters. The molecule has 0 saturated carbocycles. The fraction of sp³-hybridized carbons (Fsp3) is 0.286. The minimum atomic E-state index is -0.0344. The number of epoxide rings is 1. The highest BCUT2D eigenvalue weighted by Crippen LogP contribution is 2.41. The summed E-state index contributed by atoms with van der Waals surface area (Å²) in [4.78, 5) is 0. The normalized spacial score (nSPS) is 24.4. The smallest absolute Gasteiger partial charge is 0.114 e. The van der Waals surface area contributed by atoms with Crippen LogP contribution >= 0.6 is 0 Å². The van der Waals surface area contributed by atoms with E-state index in [1.165, 1.54) is 21.9 Å². The first kappa shape index (κ1) is 8.93. The molecule has 0 N–H and O–H groups in total. The molecule has 0 aromatic heterocycles.